The summed E-state index contributed by atoms with van der Waals surface area (Å²) in [6.07, 6.45) is 4.62. The van der Waals surface area contributed by atoms with Gasteiger partial charge < -0.3 is 10.1 Å². The molecular formula is C15H19N3O. The van der Waals surface area contributed by atoms with E-state index in [4.69, 9.17) is 4.74 Å². The molecular weight excluding hydrogens is 238 g/mol. The maximum Gasteiger partial charge on any atom is 0.0766 e. The maximum atomic E-state index is 5.16. The Hall–Kier alpha value is -1.65. The van der Waals surface area contributed by atoms with Gasteiger partial charge in [0.2, 0.25) is 0 Å². The first kappa shape index (κ1) is 12.4. The van der Waals surface area contributed by atoms with Crippen LogP contribution < -0.4 is 5.32 Å². The van der Waals surface area contributed by atoms with Gasteiger partial charge in [0.05, 0.1) is 18.0 Å². The van der Waals surface area contributed by atoms with Crippen LogP contribution in [0.3, 0.4) is 0 Å². The summed E-state index contributed by atoms with van der Waals surface area (Å²) in [5.74, 6) is 0. The molecule has 1 fully saturated rings. The van der Waals surface area contributed by atoms with Crippen LogP contribution in [-0.4, -0.2) is 22.9 Å². The van der Waals surface area contributed by atoms with Crippen molar-refractivity contribution in [1.82, 2.24) is 15.1 Å². The second kappa shape index (κ2) is 5.55. The third-order valence-corrected chi connectivity index (χ3v) is 3.28. The molecule has 4 nitrogen and oxygen atoms in total. The lowest BCUT2D eigenvalue weighted by atomic mass is 10.2. The lowest BCUT2D eigenvalue weighted by Crippen LogP contribution is -2.15. The largest absolute Gasteiger partial charge is 0.380 e. The summed E-state index contributed by atoms with van der Waals surface area (Å²) in [5, 5.41) is 8.07. The number of methoxy groups -OCH3 is 1. The minimum absolute atomic E-state index is 0.630. The molecule has 1 aromatic carbocycles. The smallest absolute Gasteiger partial charge is 0.0766 e. The summed E-state index contributed by atoms with van der Waals surface area (Å²) in [5.41, 5.74) is 3.32. The van der Waals surface area contributed by atoms with Gasteiger partial charge in [-0.3, -0.25) is 0 Å². The summed E-state index contributed by atoms with van der Waals surface area (Å²) in [6.45, 7) is 1.49. The molecule has 1 aromatic heterocycles. The molecule has 1 N–H and O–H groups in total. The van der Waals surface area contributed by atoms with Crippen molar-refractivity contribution in [3.8, 4) is 5.69 Å². The minimum atomic E-state index is 0.630. The van der Waals surface area contributed by atoms with Gasteiger partial charge in [-0.15, -0.1) is 0 Å². The topological polar surface area (TPSA) is 39.1 Å². The van der Waals surface area contributed by atoms with Crippen molar-refractivity contribution in [2.24, 2.45) is 0 Å². The number of aromatic nitrogens is 2. The number of rotatable bonds is 6. The fourth-order valence-corrected chi connectivity index (χ4v) is 2.09. The van der Waals surface area contributed by atoms with Gasteiger partial charge in [0.25, 0.3) is 0 Å². The molecule has 4 heteroatoms. The van der Waals surface area contributed by atoms with Crippen molar-refractivity contribution in [2.45, 2.75) is 32.0 Å². The van der Waals surface area contributed by atoms with Gasteiger partial charge in [-0.2, -0.15) is 5.10 Å². The third-order valence-electron chi connectivity index (χ3n) is 3.28. The van der Waals surface area contributed by atoms with E-state index in [0.717, 1.165) is 29.5 Å². The fourth-order valence-electron chi connectivity index (χ4n) is 2.09. The molecule has 1 aliphatic rings. The average molecular weight is 257 g/mol. The van der Waals surface area contributed by atoms with Crippen LogP contribution in [0.2, 0.25) is 0 Å². The van der Waals surface area contributed by atoms with Crippen LogP contribution in [0.25, 0.3) is 5.69 Å². The number of hydrogen-bond acceptors (Lipinski definition) is 3. The highest BCUT2D eigenvalue weighted by molar-refractivity contribution is 5.35. The van der Waals surface area contributed by atoms with Crippen molar-refractivity contribution >= 4 is 0 Å². The molecule has 0 amide bonds. The maximum absolute atomic E-state index is 5.16. The summed E-state index contributed by atoms with van der Waals surface area (Å²) in [6, 6.07) is 11.0. The Bertz CT molecular complexity index is 546. The number of nitrogens with zero attached hydrogens (tertiary/aromatic N) is 2. The zero-order valence-electron chi connectivity index (χ0n) is 11.2. The molecule has 100 valence electrons. The van der Waals surface area contributed by atoms with Crippen LogP contribution in [0.5, 0.6) is 0 Å². The Morgan fingerprint density at radius 2 is 2.26 bits per heavy atom. The van der Waals surface area contributed by atoms with Crippen molar-refractivity contribution in [2.75, 3.05) is 7.11 Å². The predicted octanol–water partition coefficient (Wildman–Crippen LogP) is 2.27. The second-order valence-corrected chi connectivity index (χ2v) is 5.01. The van der Waals surface area contributed by atoms with Gasteiger partial charge in [-0.05, 0) is 36.6 Å². The Kier molecular flexibility index (Phi) is 3.62. The summed E-state index contributed by atoms with van der Waals surface area (Å²) >= 11 is 0. The molecule has 3 rings (SSSR count). The molecule has 0 unspecified atom stereocenters. The van der Waals surface area contributed by atoms with Gasteiger partial charge in [0, 0.05) is 25.9 Å². The van der Waals surface area contributed by atoms with Crippen molar-refractivity contribution in [3.63, 3.8) is 0 Å². The SMILES string of the molecule is COCc1cccc(-n2ccc(CNC3CC3)n2)c1. The van der Waals surface area contributed by atoms with E-state index < -0.39 is 0 Å². The molecule has 0 radical (unpaired) electrons. The number of ether oxygens (including phenoxy) is 1. The quantitative estimate of drug-likeness (QED) is 0.863. The van der Waals surface area contributed by atoms with E-state index >= 15 is 0 Å². The van der Waals surface area contributed by atoms with Crippen LogP contribution in [0.1, 0.15) is 24.1 Å². The molecule has 0 bridgehead atoms. The summed E-state index contributed by atoms with van der Waals surface area (Å²) in [7, 11) is 1.71. The van der Waals surface area contributed by atoms with E-state index in [1.165, 1.54) is 12.8 Å². The number of nitrogens with one attached hydrogen (secondary N) is 1. The van der Waals surface area contributed by atoms with Crippen molar-refractivity contribution in [1.29, 1.82) is 0 Å². The Labute approximate surface area is 113 Å². The highest BCUT2D eigenvalue weighted by Gasteiger charge is 2.20. The van der Waals surface area contributed by atoms with Crippen LogP contribution >= 0.6 is 0 Å². The molecule has 0 spiro atoms. The number of hydrogen-bond donors (Lipinski definition) is 1. The molecule has 0 aliphatic heterocycles. The normalized spacial score (nSPS) is 14.8. The third kappa shape index (κ3) is 3.22. The highest BCUT2D eigenvalue weighted by Crippen LogP contribution is 2.19. The van der Waals surface area contributed by atoms with Crippen LogP contribution in [0, 0.1) is 0 Å². The predicted molar refractivity (Wildman–Crippen MR) is 74.1 cm³/mol. The van der Waals surface area contributed by atoms with Gasteiger partial charge in [-0.25, -0.2) is 4.68 Å². The van der Waals surface area contributed by atoms with Crippen molar-refractivity contribution < 1.29 is 4.74 Å². The van der Waals surface area contributed by atoms with E-state index in [9.17, 15) is 0 Å². The lowest BCUT2D eigenvalue weighted by Gasteiger charge is -2.05. The van der Waals surface area contributed by atoms with Crippen LogP contribution in [0.15, 0.2) is 36.5 Å². The average Bonchev–Trinajstić information content (AvgIpc) is 3.14. The molecule has 2 aromatic rings. The fraction of sp³-hybridized carbons (Fsp3) is 0.400. The molecule has 1 heterocycles. The monoisotopic (exact) mass is 257 g/mol. The Balaban J connectivity index is 1.71. The zero-order valence-corrected chi connectivity index (χ0v) is 11.2. The molecule has 0 atom stereocenters. The summed E-state index contributed by atoms with van der Waals surface area (Å²) < 4.78 is 7.08. The summed E-state index contributed by atoms with van der Waals surface area (Å²) in [4.78, 5) is 0. The van der Waals surface area contributed by atoms with E-state index in [-0.39, 0.29) is 0 Å². The zero-order chi connectivity index (χ0) is 13.1. The van der Waals surface area contributed by atoms with E-state index in [2.05, 4.69) is 34.7 Å². The molecule has 0 saturated heterocycles. The van der Waals surface area contributed by atoms with Crippen molar-refractivity contribution in [3.05, 3.63) is 47.8 Å². The lowest BCUT2D eigenvalue weighted by molar-refractivity contribution is 0.185. The molecule has 1 saturated carbocycles. The highest BCUT2D eigenvalue weighted by atomic mass is 16.5. The van der Waals surface area contributed by atoms with Gasteiger partial charge >= 0.3 is 0 Å². The van der Waals surface area contributed by atoms with Gasteiger partial charge in [-0.1, -0.05) is 12.1 Å². The standard InChI is InChI=1S/C15H19N3O/c1-19-11-12-3-2-4-15(9-12)18-8-7-14(17-18)10-16-13-5-6-13/h2-4,7-9,13,16H,5-6,10-11H2,1H3. The number of benzene rings is 1. The van der Waals surface area contributed by atoms with E-state index in [1.54, 1.807) is 7.11 Å². The minimum Gasteiger partial charge on any atom is -0.380 e. The van der Waals surface area contributed by atoms with Gasteiger partial charge in [0.15, 0.2) is 0 Å². The second-order valence-electron chi connectivity index (χ2n) is 5.01. The first-order chi connectivity index (χ1) is 9.35. The van der Waals surface area contributed by atoms with Crippen LogP contribution in [0.4, 0.5) is 0 Å². The van der Waals surface area contributed by atoms with Gasteiger partial charge in [0.1, 0.15) is 0 Å². The Morgan fingerprint density at radius 3 is 3.05 bits per heavy atom. The van der Waals surface area contributed by atoms with E-state index in [1.807, 2.05) is 16.9 Å². The first-order valence-corrected chi connectivity index (χ1v) is 6.71. The Morgan fingerprint density at radius 1 is 1.37 bits per heavy atom. The first-order valence-electron chi connectivity index (χ1n) is 6.71. The molecule has 1 aliphatic carbocycles. The van der Waals surface area contributed by atoms with Crippen LogP contribution in [-0.2, 0) is 17.9 Å². The molecule has 19 heavy (non-hydrogen) atoms. The van der Waals surface area contributed by atoms with E-state index in [0.29, 0.717) is 6.61 Å².